The van der Waals surface area contributed by atoms with Crippen molar-refractivity contribution in [1.82, 2.24) is 0 Å². The summed E-state index contributed by atoms with van der Waals surface area (Å²) < 4.78 is 5.54. The molecule has 21 heavy (non-hydrogen) atoms. The van der Waals surface area contributed by atoms with Gasteiger partial charge in [-0.15, -0.1) is 0 Å². The van der Waals surface area contributed by atoms with Crippen LogP contribution >= 0.6 is 0 Å². The highest BCUT2D eigenvalue weighted by molar-refractivity contribution is 6.28. The first-order chi connectivity index (χ1) is 9.99. The number of hydrogen-bond donors (Lipinski definition) is 1. The van der Waals surface area contributed by atoms with E-state index >= 15 is 0 Å². The molecule has 2 aromatic carbocycles. The summed E-state index contributed by atoms with van der Waals surface area (Å²) >= 11 is 0. The molecule has 0 amide bonds. The Morgan fingerprint density at radius 3 is 2.14 bits per heavy atom. The van der Waals surface area contributed by atoms with Crippen LogP contribution in [0.3, 0.4) is 0 Å². The lowest BCUT2D eigenvalue weighted by Gasteiger charge is -2.21. The van der Waals surface area contributed by atoms with Gasteiger partial charge in [0.2, 0.25) is 0 Å². The van der Waals surface area contributed by atoms with Crippen molar-refractivity contribution in [2.45, 2.75) is 19.4 Å². The Kier molecular flexibility index (Phi) is 3.05. The predicted octanol–water partition coefficient (Wildman–Crippen LogP) is 3.64. The molecule has 1 aliphatic heterocycles. The monoisotopic (exact) mass is 280 g/mol. The first-order valence-corrected chi connectivity index (χ1v) is 6.82. The van der Waals surface area contributed by atoms with E-state index in [1.807, 2.05) is 44.2 Å². The highest BCUT2D eigenvalue weighted by Crippen LogP contribution is 2.43. The van der Waals surface area contributed by atoms with E-state index in [-0.39, 0.29) is 11.7 Å². The van der Waals surface area contributed by atoms with Crippen molar-refractivity contribution < 1.29 is 14.6 Å². The number of carbonyl (C=O) groups excluding carboxylic acids is 1. The van der Waals surface area contributed by atoms with Crippen LogP contribution in [0.4, 0.5) is 0 Å². The fourth-order valence-corrected chi connectivity index (χ4v) is 2.72. The van der Waals surface area contributed by atoms with Crippen molar-refractivity contribution in [3.8, 4) is 5.75 Å². The number of cyclic esters (lactones) is 1. The van der Waals surface area contributed by atoms with Gasteiger partial charge in [0.1, 0.15) is 11.4 Å². The fourth-order valence-electron chi connectivity index (χ4n) is 2.72. The van der Waals surface area contributed by atoms with Crippen LogP contribution in [0.25, 0.3) is 11.1 Å². The topological polar surface area (TPSA) is 46.5 Å². The predicted molar refractivity (Wildman–Crippen MR) is 81.5 cm³/mol. The number of phenolic OH excluding ortho intramolecular Hbond substituents is 1. The molecule has 1 aliphatic rings. The van der Waals surface area contributed by atoms with Gasteiger partial charge in [0, 0.05) is 5.57 Å². The molecule has 1 N–H and O–H groups in total. The summed E-state index contributed by atoms with van der Waals surface area (Å²) in [6.07, 6.45) is 0. The number of benzene rings is 2. The minimum absolute atomic E-state index is 0.172. The molecule has 0 radical (unpaired) electrons. The third kappa shape index (κ3) is 2.31. The van der Waals surface area contributed by atoms with Gasteiger partial charge in [-0.2, -0.15) is 0 Å². The van der Waals surface area contributed by atoms with Crippen molar-refractivity contribution >= 4 is 17.1 Å². The first kappa shape index (κ1) is 13.4. The Morgan fingerprint density at radius 1 is 0.905 bits per heavy atom. The van der Waals surface area contributed by atoms with E-state index in [9.17, 15) is 9.90 Å². The molecule has 0 spiro atoms. The first-order valence-electron chi connectivity index (χ1n) is 6.82. The average Bonchev–Trinajstić information content (AvgIpc) is 2.70. The molecule has 106 valence electrons. The highest BCUT2D eigenvalue weighted by Gasteiger charge is 2.41. The van der Waals surface area contributed by atoms with E-state index in [0.717, 1.165) is 16.7 Å². The summed E-state index contributed by atoms with van der Waals surface area (Å²) in [5.74, 6) is -0.157. The Bertz CT molecular complexity index is 710. The van der Waals surface area contributed by atoms with Gasteiger partial charge in [-0.1, -0.05) is 42.5 Å². The lowest BCUT2D eigenvalue weighted by Crippen LogP contribution is -2.22. The quantitative estimate of drug-likeness (QED) is 0.854. The number of phenols is 1. The minimum Gasteiger partial charge on any atom is -0.508 e. The molecular weight excluding hydrogens is 264 g/mol. The SMILES string of the molecule is CC1(C)OC(=O)C(c2ccc(O)cc2)=C1c1ccccc1. The van der Waals surface area contributed by atoms with Crippen LogP contribution in [0.15, 0.2) is 54.6 Å². The number of rotatable bonds is 2. The molecule has 3 rings (SSSR count). The van der Waals surface area contributed by atoms with E-state index < -0.39 is 5.60 Å². The van der Waals surface area contributed by atoms with Gasteiger partial charge >= 0.3 is 5.97 Å². The highest BCUT2D eigenvalue weighted by atomic mass is 16.6. The zero-order valence-electron chi connectivity index (χ0n) is 12.0. The van der Waals surface area contributed by atoms with Crippen LogP contribution in [-0.4, -0.2) is 16.7 Å². The standard InChI is InChI=1S/C18H16O3/c1-18(2)16(13-6-4-3-5-7-13)15(17(20)21-18)12-8-10-14(19)11-9-12/h3-11,19H,1-2H3. The number of esters is 1. The molecule has 3 nitrogen and oxygen atoms in total. The summed E-state index contributed by atoms with van der Waals surface area (Å²) in [4.78, 5) is 12.3. The maximum Gasteiger partial charge on any atom is 0.340 e. The van der Waals surface area contributed by atoms with E-state index in [1.165, 1.54) is 0 Å². The molecule has 0 fully saturated rings. The summed E-state index contributed by atoms with van der Waals surface area (Å²) in [5.41, 5.74) is 2.48. The molecule has 0 atom stereocenters. The van der Waals surface area contributed by atoms with Crippen LogP contribution in [0.1, 0.15) is 25.0 Å². The summed E-state index contributed by atoms with van der Waals surface area (Å²) in [6.45, 7) is 3.78. The minimum atomic E-state index is -0.675. The van der Waals surface area contributed by atoms with Crippen molar-refractivity contribution in [2.75, 3.05) is 0 Å². The molecular formula is C18H16O3. The van der Waals surface area contributed by atoms with Crippen LogP contribution in [0, 0.1) is 0 Å². The Labute approximate surface area is 123 Å². The summed E-state index contributed by atoms with van der Waals surface area (Å²) in [5, 5.41) is 9.42. The van der Waals surface area contributed by atoms with Crippen LogP contribution < -0.4 is 0 Å². The maximum absolute atomic E-state index is 12.3. The van der Waals surface area contributed by atoms with E-state index in [4.69, 9.17) is 4.74 Å². The molecule has 0 bridgehead atoms. The van der Waals surface area contributed by atoms with E-state index in [2.05, 4.69) is 0 Å². The number of ether oxygens (including phenoxy) is 1. The zero-order valence-corrected chi connectivity index (χ0v) is 12.0. The molecule has 1 heterocycles. The lowest BCUT2D eigenvalue weighted by atomic mass is 9.87. The summed E-state index contributed by atoms with van der Waals surface area (Å²) in [7, 11) is 0. The van der Waals surface area contributed by atoms with Crippen molar-refractivity contribution in [3.63, 3.8) is 0 Å². The smallest absolute Gasteiger partial charge is 0.340 e. The van der Waals surface area contributed by atoms with Crippen LogP contribution in [0.2, 0.25) is 0 Å². The summed E-state index contributed by atoms with van der Waals surface area (Å²) in [6, 6.07) is 16.4. The second kappa shape index (κ2) is 4.77. The van der Waals surface area contributed by atoms with Gasteiger partial charge < -0.3 is 9.84 Å². The van der Waals surface area contributed by atoms with Crippen LogP contribution in [0.5, 0.6) is 5.75 Å². The maximum atomic E-state index is 12.3. The molecule has 0 saturated heterocycles. The number of carbonyl (C=O) groups is 1. The van der Waals surface area contributed by atoms with Gasteiger partial charge in [-0.3, -0.25) is 0 Å². The zero-order chi connectivity index (χ0) is 15.0. The Balaban J connectivity index is 2.25. The van der Waals surface area contributed by atoms with Crippen molar-refractivity contribution in [2.24, 2.45) is 0 Å². The number of aromatic hydroxyl groups is 1. The molecule has 0 saturated carbocycles. The third-order valence-corrected chi connectivity index (χ3v) is 3.62. The molecule has 3 heteroatoms. The largest absolute Gasteiger partial charge is 0.508 e. The average molecular weight is 280 g/mol. The van der Waals surface area contributed by atoms with Crippen molar-refractivity contribution in [1.29, 1.82) is 0 Å². The number of hydrogen-bond acceptors (Lipinski definition) is 3. The second-order valence-electron chi connectivity index (χ2n) is 5.56. The Hall–Kier alpha value is -2.55. The fraction of sp³-hybridized carbons (Fsp3) is 0.167. The molecule has 0 aromatic heterocycles. The molecule has 2 aromatic rings. The van der Waals surface area contributed by atoms with E-state index in [0.29, 0.717) is 5.57 Å². The van der Waals surface area contributed by atoms with Gasteiger partial charge in [0.05, 0.1) is 5.57 Å². The third-order valence-electron chi connectivity index (χ3n) is 3.62. The molecule has 0 unspecified atom stereocenters. The van der Waals surface area contributed by atoms with E-state index in [1.54, 1.807) is 24.3 Å². The van der Waals surface area contributed by atoms with Gasteiger partial charge in [-0.05, 0) is 37.1 Å². The van der Waals surface area contributed by atoms with Crippen molar-refractivity contribution in [3.05, 3.63) is 65.7 Å². The molecule has 0 aliphatic carbocycles. The normalized spacial score (nSPS) is 17.0. The Morgan fingerprint density at radius 2 is 1.52 bits per heavy atom. The van der Waals surface area contributed by atoms with Gasteiger partial charge in [0.15, 0.2) is 0 Å². The lowest BCUT2D eigenvalue weighted by molar-refractivity contribution is -0.141. The second-order valence-corrected chi connectivity index (χ2v) is 5.56. The van der Waals surface area contributed by atoms with Gasteiger partial charge in [-0.25, -0.2) is 4.79 Å². The van der Waals surface area contributed by atoms with Crippen LogP contribution in [-0.2, 0) is 9.53 Å². The van der Waals surface area contributed by atoms with Gasteiger partial charge in [0.25, 0.3) is 0 Å².